The van der Waals surface area contributed by atoms with Crippen LogP contribution in [0, 0.1) is 4.91 Å². The second-order valence-electron chi connectivity index (χ2n) is 3.47. The molecule has 2 aromatic rings. The monoisotopic (exact) mass is 228 g/mol. The second-order valence-corrected chi connectivity index (χ2v) is 3.47. The van der Waals surface area contributed by atoms with E-state index in [0.29, 0.717) is 11.4 Å². The average molecular weight is 228 g/mol. The van der Waals surface area contributed by atoms with Crippen LogP contribution in [0.25, 0.3) is 0 Å². The van der Waals surface area contributed by atoms with E-state index < -0.39 is 0 Å². The van der Waals surface area contributed by atoms with E-state index in [-0.39, 0.29) is 0 Å². The van der Waals surface area contributed by atoms with Crippen molar-refractivity contribution in [3.8, 4) is 5.75 Å². The van der Waals surface area contributed by atoms with Crippen molar-refractivity contribution in [1.29, 1.82) is 0 Å². The molecule has 0 saturated heterocycles. The predicted octanol–water partition coefficient (Wildman–Crippen LogP) is 3.84. The lowest BCUT2D eigenvalue weighted by Crippen LogP contribution is -1.91. The molecule has 2 aromatic carbocycles. The minimum absolute atomic E-state index is 0.297. The zero-order chi connectivity index (χ0) is 12.1. The van der Waals surface area contributed by atoms with Crippen LogP contribution in [0.3, 0.4) is 0 Å². The number of nitrogens with one attached hydrogen (secondary N) is 1. The number of rotatable bonds is 4. The minimum Gasteiger partial charge on any atom is -0.494 e. The van der Waals surface area contributed by atoms with Gasteiger partial charge in [0, 0.05) is 17.4 Å². The largest absolute Gasteiger partial charge is 0.494 e. The van der Waals surface area contributed by atoms with Crippen LogP contribution in [0.5, 0.6) is 5.75 Å². The molecule has 86 valence electrons. The Morgan fingerprint density at radius 3 is 2.47 bits per heavy atom. The highest BCUT2D eigenvalue weighted by molar-refractivity contribution is 5.66. The van der Waals surface area contributed by atoms with Crippen LogP contribution in [-0.4, -0.2) is 7.11 Å². The Morgan fingerprint density at radius 2 is 1.82 bits per heavy atom. The molecule has 0 atom stereocenters. The van der Waals surface area contributed by atoms with Gasteiger partial charge in [0.05, 0.1) is 7.11 Å². The molecule has 0 bridgehead atoms. The summed E-state index contributed by atoms with van der Waals surface area (Å²) in [5.41, 5.74) is 2.12. The van der Waals surface area contributed by atoms with E-state index in [2.05, 4.69) is 10.5 Å². The van der Waals surface area contributed by atoms with Gasteiger partial charge in [-0.25, -0.2) is 0 Å². The van der Waals surface area contributed by atoms with Crippen LogP contribution in [0.2, 0.25) is 0 Å². The topological polar surface area (TPSA) is 50.7 Å². The van der Waals surface area contributed by atoms with Crippen molar-refractivity contribution < 1.29 is 4.74 Å². The van der Waals surface area contributed by atoms with Gasteiger partial charge >= 0.3 is 0 Å². The molecule has 0 amide bonds. The lowest BCUT2D eigenvalue weighted by atomic mass is 10.2. The van der Waals surface area contributed by atoms with Crippen molar-refractivity contribution in [1.82, 2.24) is 0 Å². The van der Waals surface area contributed by atoms with E-state index in [1.807, 2.05) is 30.3 Å². The average Bonchev–Trinajstić information content (AvgIpc) is 2.40. The molecule has 0 aliphatic carbocycles. The summed E-state index contributed by atoms with van der Waals surface area (Å²) in [7, 11) is 1.51. The van der Waals surface area contributed by atoms with Crippen molar-refractivity contribution in [2.75, 3.05) is 12.4 Å². The minimum atomic E-state index is 0.297. The lowest BCUT2D eigenvalue weighted by Gasteiger charge is -2.08. The van der Waals surface area contributed by atoms with Gasteiger partial charge in [0.2, 0.25) is 0 Å². The summed E-state index contributed by atoms with van der Waals surface area (Å²) >= 11 is 0. The fourth-order valence-electron chi connectivity index (χ4n) is 1.52. The van der Waals surface area contributed by atoms with Crippen LogP contribution in [0.4, 0.5) is 17.1 Å². The van der Waals surface area contributed by atoms with Crippen LogP contribution in [0.1, 0.15) is 0 Å². The van der Waals surface area contributed by atoms with Gasteiger partial charge in [-0.05, 0) is 29.4 Å². The number of benzene rings is 2. The van der Waals surface area contributed by atoms with E-state index in [4.69, 9.17) is 4.74 Å². The van der Waals surface area contributed by atoms with E-state index in [1.165, 1.54) is 7.11 Å². The van der Waals surface area contributed by atoms with E-state index >= 15 is 0 Å². The summed E-state index contributed by atoms with van der Waals surface area (Å²) in [6.45, 7) is 0. The van der Waals surface area contributed by atoms with Crippen LogP contribution in [-0.2, 0) is 0 Å². The van der Waals surface area contributed by atoms with Crippen molar-refractivity contribution in [2.45, 2.75) is 0 Å². The molecule has 0 saturated carbocycles. The summed E-state index contributed by atoms with van der Waals surface area (Å²) in [6, 6.07) is 14.9. The Kier molecular flexibility index (Phi) is 3.35. The van der Waals surface area contributed by atoms with Crippen LogP contribution >= 0.6 is 0 Å². The predicted molar refractivity (Wildman–Crippen MR) is 68.2 cm³/mol. The normalized spacial score (nSPS) is 9.71. The number of para-hydroxylation sites is 1. The maximum atomic E-state index is 10.5. The standard InChI is InChI=1S/C13H12N2O2/c1-17-13-9-11(7-8-12(13)15-16)14-10-5-3-2-4-6-10/h2-9,14H,1H3. The Hall–Kier alpha value is -2.36. The molecule has 0 unspecified atom stereocenters. The fourth-order valence-corrected chi connectivity index (χ4v) is 1.52. The smallest absolute Gasteiger partial charge is 0.150 e. The van der Waals surface area contributed by atoms with Crippen LogP contribution in [0.15, 0.2) is 53.7 Å². The van der Waals surface area contributed by atoms with Crippen molar-refractivity contribution in [2.24, 2.45) is 5.18 Å². The Balaban J connectivity index is 2.25. The van der Waals surface area contributed by atoms with E-state index in [1.54, 1.807) is 18.2 Å². The first-order valence-corrected chi connectivity index (χ1v) is 5.17. The van der Waals surface area contributed by atoms with Gasteiger partial charge < -0.3 is 10.1 Å². The number of hydrogen-bond acceptors (Lipinski definition) is 4. The van der Waals surface area contributed by atoms with Gasteiger partial charge in [-0.2, -0.15) is 0 Å². The first kappa shape index (κ1) is 11.1. The molecule has 2 rings (SSSR count). The Bertz CT molecular complexity index is 512. The summed E-state index contributed by atoms with van der Waals surface area (Å²) in [6.07, 6.45) is 0. The van der Waals surface area contributed by atoms with Gasteiger partial charge in [0.25, 0.3) is 0 Å². The summed E-state index contributed by atoms with van der Waals surface area (Å²) in [4.78, 5) is 10.5. The van der Waals surface area contributed by atoms with Gasteiger partial charge in [-0.15, -0.1) is 4.91 Å². The molecule has 0 spiro atoms. The maximum absolute atomic E-state index is 10.5. The first-order valence-electron chi connectivity index (χ1n) is 5.17. The van der Waals surface area contributed by atoms with E-state index in [9.17, 15) is 4.91 Å². The molecular formula is C13H12N2O2. The van der Waals surface area contributed by atoms with Gasteiger partial charge in [-0.1, -0.05) is 18.2 Å². The Labute approximate surface area is 99.2 Å². The molecule has 4 nitrogen and oxygen atoms in total. The first-order chi connectivity index (χ1) is 8.33. The zero-order valence-electron chi connectivity index (χ0n) is 9.38. The third-order valence-electron chi connectivity index (χ3n) is 2.34. The van der Waals surface area contributed by atoms with Gasteiger partial charge in [-0.3, -0.25) is 0 Å². The zero-order valence-corrected chi connectivity index (χ0v) is 9.38. The number of hydrogen-bond donors (Lipinski definition) is 1. The van der Waals surface area contributed by atoms with Crippen molar-refractivity contribution in [3.63, 3.8) is 0 Å². The number of nitroso groups, excluding NO2 is 1. The number of nitrogens with zero attached hydrogens (tertiary/aromatic N) is 1. The highest BCUT2D eigenvalue weighted by Gasteiger charge is 2.04. The molecule has 0 heterocycles. The van der Waals surface area contributed by atoms with Crippen molar-refractivity contribution >= 4 is 17.1 Å². The molecule has 0 aliphatic rings. The highest BCUT2D eigenvalue weighted by atomic mass is 16.5. The highest BCUT2D eigenvalue weighted by Crippen LogP contribution is 2.31. The Morgan fingerprint density at radius 1 is 1.06 bits per heavy atom. The summed E-state index contributed by atoms with van der Waals surface area (Å²) < 4.78 is 5.08. The molecule has 17 heavy (non-hydrogen) atoms. The molecule has 0 fully saturated rings. The second kappa shape index (κ2) is 5.12. The quantitative estimate of drug-likeness (QED) is 0.809. The number of anilines is 2. The molecule has 0 radical (unpaired) electrons. The summed E-state index contributed by atoms with van der Waals surface area (Å²) in [5.74, 6) is 0.459. The van der Waals surface area contributed by atoms with Gasteiger partial charge in [0.1, 0.15) is 11.4 Å². The number of methoxy groups -OCH3 is 1. The summed E-state index contributed by atoms with van der Waals surface area (Å²) in [5, 5.41) is 6.09. The van der Waals surface area contributed by atoms with E-state index in [0.717, 1.165) is 11.4 Å². The third-order valence-corrected chi connectivity index (χ3v) is 2.34. The SMILES string of the molecule is COc1cc(Nc2ccccc2)ccc1N=O. The third kappa shape index (κ3) is 2.60. The fraction of sp³-hybridized carbons (Fsp3) is 0.0769. The van der Waals surface area contributed by atoms with Crippen LogP contribution < -0.4 is 10.1 Å². The molecular weight excluding hydrogens is 216 g/mol. The van der Waals surface area contributed by atoms with Crippen molar-refractivity contribution in [3.05, 3.63) is 53.4 Å². The number of ether oxygens (including phenoxy) is 1. The lowest BCUT2D eigenvalue weighted by molar-refractivity contribution is 0.416. The molecule has 0 aliphatic heterocycles. The molecule has 1 N–H and O–H groups in total. The molecule has 4 heteroatoms. The van der Waals surface area contributed by atoms with Gasteiger partial charge in [0.15, 0.2) is 0 Å². The molecule has 0 aromatic heterocycles. The maximum Gasteiger partial charge on any atom is 0.150 e.